The third kappa shape index (κ3) is 3.40. The Hall–Kier alpha value is -1.16. The van der Waals surface area contributed by atoms with Crippen molar-refractivity contribution in [3.8, 4) is 0 Å². The van der Waals surface area contributed by atoms with Crippen LogP contribution in [0.25, 0.3) is 0 Å². The molecular formula is C12H15ClN2O2. The molecule has 1 heterocycles. The average molecular weight is 255 g/mol. The van der Waals surface area contributed by atoms with Gasteiger partial charge in [0.1, 0.15) is 11.3 Å². The van der Waals surface area contributed by atoms with Crippen molar-refractivity contribution in [1.82, 2.24) is 9.97 Å². The molecule has 1 aromatic heterocycles. The molecule has 0 amide bonds. The Labute approximate surface area is 105 Å². The number of ether oxygens (including phenoxy) is 1. The van der Waals surface area contributed by atoms with Gasteiger partial charge in [-0.3, -0.25) is 0 Å². The number of aromatic nitrogens is 2. The summed E-state index contributed by atoms with van der Waals surface area (Å²) in [6, 6.07) is 0. The van der Waals surface area contributed by atoms with Crippen LogP contribution >= 0.6 is 11.6 Å². The molecule has 0 saturated heterocycles. The number of nitrogens with zero attached hydrogens (tertiary/aromatic N) is 2. The summed E-state index contributed by atoms with van der Waals surface area (Å²) in [5.74, 6) is 0.328. The second kappa shape index (κ2) is 5.45. The Bertz CT molecular complexity index is 386. The van der Waals surface area contributed by atoms with E-state index in [-0.39, 0.29) is 17.0 Å². The molecule has 0 aromatic carbocycles. The molecule has 1 aliphatic carbocycles. The molecule has 5 heteroatoms. The standard InChI is InChI=1S/C12H15ClN2O2/c1-8-2-4-9(5-3-8)17-12(16)10-6-15-11(13)7-14-10/h6-9H,2-5H2,1H3. The molecule has 0 aliphatic heterocycles. The molecule has 17 heavy (non-hydrogen) atoms. The van der Waals surface area contributed by atoms with Gasteiger partial charge in [-0.05, 0) is 31.6 Å². The van der Waals surface area contributed by atoms with Crippen LogP contribution in [0, 0.1) is 5.92 Å². The van der Waals surface area contributed by atoms with Crippen molar-refractivity contribution < 1.29 is 9.53 Å². The Kier molecular flexibility index (Phi) is 3.94. The van der Waals surface area contributed by atoms with Crippen LogP contribution in [0.1, 0.15) is 43.1 Å². The van der Waals surface area contributed by atoms with Gasteiger partial charge in [0.2, 0.25) is 0 Å². The van der Waals surface area contributed by atoms with E-state index in [4.69, 9.17) is 16.3 Å². The van der Waals surface area contributed by atoms with Gasteiger partial charge in [0, 0.05) is 0 Å². The van der Waals surface area contributed by atoms with Crippen LogP contribution in [0.2, 0.25) is 5.15 Å². The Balaban J connectivity index is 1.91. The van der Waals surface area contributed by atoms with Crippen molar-refractivity contribution in [3.63, 3.8) is 0 Å². The largest absolute Gasteiger partial charge is 0.458 e. The van der Waals surface area contributed by atoms with Crippen LogP contribution in [0.15, 0.2) is 12.4 Å². The van der Waals surface area contributed by atoms with Crippen LogP contribution in [0.5, 0.6) is 0 Å². The Morgan fingerprint density at radius 2 is 2.00 bits per heavy atom. The molecule has 1 aliphatic rings. The van der Waals surface area contributed by atoms with Crippen molar-refractivity contribution in [3.05, 3.63) is 23.2 Å². The van der Waals surface area contributed by atoms with E-state index in [1.165, 1.54) is 12.4 Å². The van der Waals surface area contributed by atoms with Crippen LogP contribution in [0.3, 0.4) is 0 Å². The number of esters is 1. The molecule has 0 bridgehead atoms. The van der Waals surface area contributed by atoms with Crippen molar-refractivity contribution in [2.45, 2.75) is 38.7 Å². The average Bonchev–Trinajstić information content (AvgIpc) is 2.33. The zero-order chi connectivity index (χ0) is 12.3. The monoisotopic (exact) mass is 254 g/mol. The molecule has 4 nitrogen and oxygen atoms in total. The molecule has 0 N–H and O–H groups in total. The van der Waals surface area contributed by atoms with Gasteiger partial charge in [-0.25, -0.2) is 14.8 Å². The number of rotatable bonds is 2. The van der Waals surface area contributed by atoms with E-state index in [1.807, 2.05) is 0 Å². The van der Waals surface area contributed by atoms with Crippen LogP contribution in [-0.2, 0) is 4.74 Å². The lowest BCUT2D eigenvalue weighted by Crippen LogP contribution is -2.24. The molecule has 0 radical (unpaired) electrons. The van der Waals surface area contributed by atoms with E-state index in [0.717, 1.165) is 31.6 Å². The summed E-state index contributed by atoms with van der Waals surface area (Å²) in [5.41, 5.74) is 0.216. The highest BCUT2D eigenvalue weighted by Crippen LogP contribution is 2.25. The molecule has 0 atom stereocenters. The van der Waals surface area contributed by atoms with Crippen molar-refractivity contribution in [2.24, 2.45) is 5.92 Å². The van der Waals surface area contributed by atoms with Gasteiger partial charge in [0.15, 0.2) is 5.69 Å². The lowest BCUT2D eigenvalue weighted by molar-refractivity contribution is 0.0167. The van der Waals surface area contributed by atoms with Gasteiger partial charge in [0.05, 0.1) is 12.4 Å². The van der Waals surface area contributed by atoms with E-state index in [0.29, 0.717) is 0 Å². The van der Waals surface area contributed by atoms with Crippen molar-refractivity contribution >= 4 is 17.6 Å². The zero-order valence-electron chi connectivity index (χ0n) is 9.73. The first-order chi connectivity index (χ1) is 8.15. The van der Waals surface area contributed by atoms with E-state index < -0.39 is 5.97 Å². The maximum Gasteiger partial charge on any atom is 0.358 e. The highest BCUT2D eigenvalue weighted by molar-refractivity contribution is 6.29. The summed E-state index contributed by atoms with van der Waals surface area (Å²) < 4.78 is 5.38. The molecule has 0 spiro atoms. The van der Waals surface area contributed by atoms with Crippen LogP contribution < -0.4 is 0 Å². The van der Waals surface area contributed by atoms with E-state index >= 15 is 0 Å². The smallest absolute Gasteiger partial charge is 0.358 e. The minimum absolute atomic E-state index is 0.0242. The highest BCUT2D eigenvalue weighted by atomic mass is 35.5. The molecule has 1 aromatic rings. The fourth-order valence-corrected chi connectivity index (χ4v) is 2.07. The summed E-state index contributed by atoms with van der Waals surface area (Å²) >= 11 is 5.60. The van der Waals surface area contributed by atoms with Gasteiger partial charge in [-0.1, -0.05) is 18.5 Å². The van der Waals surface area contributed by atoms with Crippen molar-refractivity contribution in [2.75, 3.05) is 0 Å². The molecule has 92 valence electrons. The number of hydrogen-bond donors (Lipinski definition) is 0. The number of hydrogen-bond acceptors (Lipinski definition) is 4. The normalized spacial score (nSPS) is 24.4. The van der Waals surface area contributed by atoms with Gasteiger partial charge in [-0.2, -0.15) is 0 Å². The fraction of sp³-hybridized carbons (Fsp3) is 0.583. The summed E-state index contributed by atoms with van der Waals surface area (Å²) in [7, 11) is 0. The minimum Gasteiger partial charge on any atom is -0.458 e. The lowest BCUT2D eigenvalue weighted by Gasteiger charge is -2.25. The molecular weight excluding hydrogens is 240 g/mol. The second-order valence-electron chi connectivity index (χ2n) is 4.51. The molecule has 0 unspecified atom stereocenters. The molecule has 1 fully saturated rings. The van der Waals surface area contributed by atoms with E-state index in [2.05, 4.69) is 16.9 Å². The second-order valence-corrected chi connectivity index (χ2v) is 4.90. The maximum absolute atomic E-state index is 11.7. The quantitative estimate of drug-likeness (QED) is 0.762. The SMILES string of the molecule is CC1CCC(OC(=O)c2cnc(Cl)cn2)CC1. The highest BCUT2D eigenvalue weighted by Gasteiger charge is 2.22. The van der Waals surface area contributed by atoms with Crippen LogP contribution in [0.4, 0.5) is 0 Å². The van der Waals surface area contributed by atoms with Gasteiger partial charge in [0.25, 0.3) is 0 Å². The Morgan fingerprint density at radius 1 is 1.29 bits per heavy atom. The van der Waals surface area contributed by atoms with Crippen LogP contribution in [-0.4, -0.2) is 22.0 Å². The third-order valence-corrected chi connectivity index (χ3v) is 3.26. The Morgan fingerprint density at radius 3 is 2.59 bits per heavy atom. The molecule has 2 rings (SSSR count). The van der Waals surface area contributed by atoms with E-state index in [9.17, 15) is 4.79 Å². The summed E-state index contributed by atoms with van der Waals surface area (Å²) in [6.45, 7) is 2.22. The van der Waals surface area contributed by atoms with Gasteiger partial charge >= 0.3 is 5.97 Å². The number of halogens is 1. The summed E-state index contributed by atoms with van der Waals surface area (Å²) in [4.78, 5) is 19.4. The first-order valence-electron chi connectivity index (χ1n) is 5.83. The first-order valence-corrected chi connectivity index (χ1v) is 6.21. The number of carbonyl (C=O) groups excluding carboxylic acids is 1. The molecule has 1 saturated carbocycles. The number of carbonyl (C=O) groups is 1. The fourth-order valence-electron chi connectivity index (χ4n) is 1.98. The van der Waals surface area contributed by atoms with Crippen molar-refractivity contribution in [1.29, 1.82) is 0 Å². The third-order valence-electron chi connectivity index (χ3n) is 3.07. The topological polar surface area (TPSA) is 52.1 Å². The zero-order valence-corrected chi connectivity index (χ0v) is 10.5. The predicted molar refractivity (Wildman–Crippen MR) is 63.9 cm³/mol. The maximum atomic E-state index is 11.7. The van der Waals surface area contributed by atoms with Gasteiger partial charge < -0.3 is 4.74 Å². The summed E-state index contributed by atoms with van der Waals surface area (Å²) in [5, 5.41) is 0.271. The van der Waals surface area contributed by atoms with Gasteiger partial charge in [-0.15, -0.1) is 0 Å². The predicted octanol–water partition coefficient (Wildman–Crippen LogP) is 2.87. The van der Waals surface area contributed by atoms with E-state index in [1.54, 1.807) is 0 Å². The minimum atomic E-state index is -0.409. The summed E-state index contributed by atoms with van der Waals surface area (Å²) in [6.07, 6.45) is 6.82. The lowest BCUT2D eigenvalue weighted by atomic mass is 9.89. The first kappa shape index (κ1) is 12.3.